The number of nitrogens with zero attached hydrogens (tertiary/aromatic N) is 3. The Hall–Kier alpha value is -5.00. The van der Waals surface area contributed by atoms with Crippen LogP contribution in [0.1, 0.15) is 79.6 Å². The van der Waals surface area contributed by atoms with Gasteiger partial charge in [-0.15, -0.1) is 37.2 Å². The Balaban J connectivity index is 0.0000101. The van der Waals surface area contributed by atoms with Gasteiger partial charge in [-0.25, -0.2) is 0 Å². The summed E-state index contributed by atoms with van der Waals surface area (Å²) in [6.07, 6.45) is -0.581. The molecule has 0 fully saturated rings. The summed E-state index contributed by atoms with van der Waals surface area (Å²) in [5, 5.41) is 41.8. The van der Waals surface area contributed by atoms with Crippen LogP contribution in [-0.2, 0) is 60.0 Å². The fourth-order valence-electron chi connectivity index (χ4n) is 6.02. The number of halogens is 3. The van der Waals surface area contributed by atoms with E-state index in [2.05, 4.69) is 21.3 Å². The van der Waals surface area contributed by atoms with E-state index in [9.17, 15) is 48.9 Å². The van der Waals surface area contributed by atoms with E-state index in [1.54, 1.807) is 55.6 Å². The number of pyridine rings is 3. The van der Waals surface area contributed by atoms with Crippen molar-refractivity contribution in [2.75, 3.05) is 0 Å². The molecule has 0 unspecified atom stereocenters. The molecule has 312 valence electrons. The summed E-state index contributed by atoms with van der Waals surface area (Å²) >= 11 is 0. The molecule has 7 N–H and O–H groups in total. The monoisotopic (exact) mass is 847 g/mol. The van der Waals surface area contributed by atoms with Crippen molar-refractivity contribution in [1.29, 1.82) is 0 Å². The van der Waals surface area contributed by atoms with Gasteiger partial charge in [0, 0.05) is 88.1 Å². The van der Waals surface area contributed by atoms with Gasteiger partial charge in [-0.3, -0.25) is 33.6 Å². The van der Waals surface area contributed by atoms with Gasteiger partial charge >= 0.3 is 0 Å². The molecule has 0 atom stereocenters. The average Bonchev–Trinajstić information content (AvgIpc) is 3.09. The molecular formula is C36H52Cl3N7O10. The number of carbonyl (C=O) groups excluding carboxylic acids is 4. The number of aromatic nitrogens is 3. The zero-order valence-corrected chi connectivity index (χ0v) is 34.8. The van der Waals surface area contributed by atoms with Crippen molar-refractivity contribution >= 4 is 60.8 Å². The van der Waals surface area contributed by atoms with Gasteiger partial charge in [0.05, 0.1) is 36.7 Å². The van der Waals surface area contributed by atoms with Crippen LogP contribution in [0.3, 0.4) is 0 Å². The Morgan fingerprint density at radius 3 is 1.04 bits per heavy atom. The summed E-state index contributed by atoms with van der Waals surface area (Å²) in [7, 11) is 4.90. The summed E-state index contributed by atoms with van der Waals surface area (Å²) in [6.45, 7) is 5.79. The summed E-state index contributed by atoms with van der Waals surface area (Å²) in [6, 6.07) is 3.80. The Morgan fingerprint density at radius 1 is 0.554 bits per heavy atom. The highest BCUT2D eigenvalue weighted by atomic mass is 35.5. The molecule has 0 bridgehead atoms. The number of amides is 4. The molecule has 0 aliphatic heterocycles. The van der Waals surface area contributed by atoms with E-state index in [0.29, 0.717) is 17.1 Å². The third-order valence-electron chi connectivity index (χ3n) is 9.63. The van der Waals surface area contributed by atoms with Crippen LogP contribution in [0.4, 0.5) is 0 Å². The van der Waals surface area contributed by atoms with E-state index in [-0.39, 0.29) is 112 Å². The van der Waals surface area contributed by atoms with Crippen LogP contribution >= 0.6 is 37.2 Å². The first-order chi connectivity index (χ1) is 24.8. The first-order valence-corrected chi connectivity index (χ1v) is 17.0. The van der Waals surface area contributed by atoms with Gasteiger partial charge in [-0.1, -0.05) is 0 Å². The van der Waals surface area contributed by atoms with Crippen molar-refractivity contribution in [1.82, 2.24) is 35.0 Å². The van der Waals surface area contributed by atoms with Crippen molar-refractivity contribution in [2.24, 2.45) is 21.1 Å². The molecule has 20 heteroatoms. The highest BCUT2D eigenvalue weighted by molar-refractivity contribution is 5.86. The minimum Gasteiger partial charge on any atom is -0.503 e. The SMILES string of the molecule is CC(=O)NC(CCC(=O)NCc1c(O)c(=O)cc(C)n1C)(CCC(=O)NCc1c(O)c(=O)cc(C)n1C)CCC(=O)NCc1c(O)c(=O)cc(C)n1C.Cl.Cl.Cl. The molecule has 0 aromatic carbocycles. The fraction of sp³-hybridized carbons (Fsp3) is 0.472. The molecule has 0 radical (unpaired) electrons. The summed E-state index contributed by atoms with van der Waals surface area (Å²) < 4.78 is 4.70. The van der Waals surface area contributed by atoms with E-state index in [4.69, 9.17) is 0 Å². The van der Waals surface area contributed by atoms with Crippen LogP contribution < -0.4 is 37.6 Å². The van der Waals surface area contributed by atoms with Gasteiger partial charge in [-0.05, 0) is 40.0 Å². The van der Waals surface area contributed by atoms with E-state index in [1.165, 1.54) is 25.1 Å². The van der Waals surface area contributed by atoms with E-state index in [1.807, 2.05) is 0 Å². The van der Waals surface area contributed by atoms with Gasteiger partial charge in [0.25, 0.3) is 0 Å². The summed E-state index contributed by atoms with van der Waals surface area (Å²) in [5.74, 6) is -3.45. The van der Waals surface area contributed by atoms with Crippen LogP contribution in [0.5, 0.6) is 17.2 Å². The molecule has 17 nitrogen and oxygen atoms in total. The van der Waals surface area contributed by atoms with Crippen LogP contribution in [0, 0.1) is 20.8 Å². The maximum atomic E-state index is 13.1. The standard InChI is InChI=1S/C36H49N7O10.3ClH/c1-20-14-27(45)33(51)24(41(20)5)17-37-30(48)8-11-36(40-23(4)44,12-9-31(49)38-18-25-34(52)28(46)15-21(2)42(25)6)13-10-32(50)39-19-26-35(53)29(47)16-22(3)43(26)7;;;/h14-16,51-53H,8-13,17-19H2,1-7H3,(H,37,48)(H,38,49)(H,39,50)(H,40,44);3*1H. The Kier molecular flexibility index (Phi) is 20.0. The smallest absolute Gasteiger partial charge is 0.223 e. The molecule has 0 saturated carbocycles. The predicted octanol–water partition coefficient (Wildman–Crippen LogP) is 1.55. The van der Waals surface area contributed by atoms with E-state index in [0.717, 1.165) is 0 Å². The molecule has 3 aromatic rings. The van der Waals surface area contributed by atoms with Crippen LogP contribution in [0.25, 0.3) is 0 Å². The lowest BCUT2D eigenvalue weighted by Gasteiger charge is -2.35. The second-order valence-electron chi connectivity index (χ2n) is 13.3. The van der Waals surface area contributed by atoms with Crippen molar-refractivity contribution in [3.05, 3.63) is 83.0 Å². The van der Waals surface area contributed by atoms with E-state index < -0.39 is 62.7 Å². The minimum atomic E-state index is -1.26. The van der Waals surface area contributed by atoms with Crippen LogP contribution in [0.15, 0.2) is 32.6 Å². The van der Waals surface area contributed by atoms with Gasteiger partial charge in [0.2, 0.25) is 39.9 Å². The molecule has 0 saturated heterocycles. The molecule has 0 aliphatic rings. The number of nitrogens with one attached hydrogen (secondary N) is 4. The first-order valence-electron chi connectivity index (χ1n) is 17.0. The topological polar surface area (TPSA) is 243 Å². The molecule has 3 heterocycles. The number of hydrogen-bond donors (Lipinski definition) is 7. The summed E-state index contributed by atoms with van der Waals surface area (Å²) in [5.41, 5.74) is -0.749. The maximum Gasteiger partial charge on any atom is 0.223 e. The van der Waals surface area contributed by atoms with Crippen LogP contribution in [0.2, 0.25) is 0 Å². The highest BCUT2D eigenvalue weighted by Gasteiger charge is 2.33. The zero-order chi connectivity index (χ0) is 39.8. The molecule has 3 rings (SSSR count). The maximum absolute atomic E-state index is 13.1. The van der Waals surface area contributed by atoms with Gasteiger partial charge in [-0.2, -0.15) is 0 Å². The number of hydrogen-bond acceptors (Lipinski definition) is 10. The van der Waals surface area contributed by atoms with E-state index >= 15 is 0 Å². The lowest BCUT2D eigenvalue weighted by atomic mass is 9.83. The number of rotatable bonds is 16. The predicted molar refractivity (Wildman–Crippen MR) is 216 cm³/mol. The number of aromatic hydroxyl groups is 3. The van der Waals surface area contributed by atoms with Gasteiger partial charge < -0.3 is 50.3 Å². The third-order valence-corrected chi connectivity index (χ3v) is 9.63. The van der Waals surface area contributed by atoms with Gasteiger partial charge in [0.15, 0.2) is 17.2 Å². The number of carbonyl (C=O) groups is 4. The van der Waals surface area contributed by atoms with Crippen LogP contribution in [-0.4, -0.2) is 58.2 Å². The Bertz CT molecular complexity index is 1880. The largest absolute Gasteiger partial charge is 0.503 e. The molecule has 56 heavy (non-hydrogen) atoms. The molecular weight excluding hydrogens is 797 g/mol. The normalized spacial score (nSPS) is 10.6. The van der Waals surface area contributed by atoms with Crippen molar-refractivity contribution in [3.8, 4) is 17.2 Å². The second kappa shape index (κ2) is 21.9. The fourth-order valence-corrected chi connectivity index (χ4v) is 6.02. The Labute approximate surface area is 342 Å². The molecule has 0 aliphatic carbocycles. The zero-order valence-electron chi connectivity index (χ0n) is 32.4. The minimum absolute atomic E-state index is 0. The first kappa shape index (κ1) is 51.0. The molecule has 4 amide bonds. The second-order valence-corrected chi connectivity index (χ2v) is 13.3. The lowest BCUT2D eigenvalue weighted by molar-refractivity contribution is -0.126. The lowest BCUT2D eigenvalue weighted by Crippen LogP contribution is -2.49. The average molecular weight is 849 g/mol. The Morgan fingerprint density at radius 2 is 0.804 bits per heavy atom. The van der Waals surface area contributed by atoms with Gasteiger partial charge in [0.1, 0.15) is 0 Å². The number of aryl methyl sites for hydroxylation is 3. The third kappa shape index (κ3) is 13.1. The quantitative estimate of drug-likeness (QED) is 0.110. The molecule has 3 aromatic heterocycles. The van der Waals surface area contributed by atoms with Crippen molar-refractivity contribution in [2.45, 2.75) is 91.4 Å². The van der Waals surface area contributed by atoms with Crippen molar-refractivity contribution < 1.29 is 34.5 Å². The molecule has 0 spiro atoms. The summed E-state index contributed by atoms with van der Waals surface area (Å²) in [4.78, 5) is 88.3. The van der Waals surface area contributed by atoms with Crippen molar-refractivity contribution in [3.63, 3.8) is 0 Å². The highest BCUT2D eigenvalue weighted by Crippen LogP contribution is 2.27.